The van der Waals surface area contributed by atoms with E-state index in [9.17, 15) is 18.9 Å². The van der Waals surface area contributed by atoms with Gasteiger partial charge in [0.1, 0.15) is 18.0 Å². The van der Waals surface area contributed by atoms with Crippen molar-refractivity contribution in [1.29, 1.82) is 0 Å². The fraction of sp³-hybridized carbons (Fsp3) is 0.467. The Morgan fingerprint density at radius 1 is 1.24 bits per heavy atom. The Morgan fingerprint density at radius 3 is 2.64 bits per heavy atom. The highest BCUT2D eigenvalue weighted by molar-refractivity contribution is 7.46. The Hall–Kier alpha value is -3.68. The predicted molar refractivity (Wildman–Crippen MR) is 157 cm³/mol. The summed E-state index contributed by atoms with van der Waals surface area (Å²) in [6, 6.07) is 2.40. The summed E-state index contributed by atoms with van der Waals surface area (Å²) in [5.74, 6) is -1.28. The monoisotopic (exact) mass is 645 g/mol. The SMILES string of the molecule is CC[C@@]1(OCOP(=O)(O)O)C(=O)OCc2c1cc1n(c2=O)Cc2c-1nc1cc(F)c(C)c3c1c2[C@@H](NC(=O)OC(C)(C)C)CC3. The van der Waals surface area contributed by atoms with Crippen LogP contribution >= 0.6 is 7.82 Å². The number of phosphoric acid groups is 1. The van der Waals surface area contributed by atoms with E-state index in [2.05, 4.69) is 9.84 Å². The molecular formula is C30H33FN3O10P. The van der Waals surface area contributed by atoms with Crippen molar-refractivity contribution in [1.82, 2.24) is 14.9 Å². The molecule has 0 spiro atoms. The number of halogens is 1. The number of pyridine rings is 2. The van der Waals surface area contributed by atoms with Crippen molar-refractivity contribution in [3.63, 3.8) is 0 Å². The Morgan fingerprint density at radius 2 is 1.98 bits per heavy atom. The number of cyclic esters (lactones) is 1. The van der Waals surface area contributed by atoms with Gasteiger partial charge in [-0.1, -0.05) is 6.92 Å². The number of nitrogens with one attached hydrogen (secondary N) is 1. The van der Waals surface area contributed by atoms with Gasteiger partial charge in [0, 0.05) is 22.6 Å². The zero-order chi connectivity index (χ0) is 32.6. The smallest absolute Gasteiger partial charge is 0.458 e. The quantitative estimate of drug-likeness (QED) is 0.156. The maximum absolute atomic E-state index is 15.2. The van der Waals surface area contributed by atoms with Gasteiger partial charge in [0.25, 0.3) is 5.56 Å². The summed E-state index contributed by atoms with van der Waals surface area (Å²) in [7, 11) is -4.93. The molecule has 0 saturated carbocycles. The topological polar surface area (TPSA) is 176 Å². The van der Waals surface area contributed by atoms with E-state index < -0.39 is 55.3 Å². The molecule has 2 aromatic heterocycles. The number of phosphoric ester groups is 1. The summed E-state index contributed by atoms with van der Waals surface area (Å²) < 4.78 is 48.9. The minimum atomic E-state index is -4.93. The van der Waals surface area contributed by atoms with E-state index in [1.807, 2.05) is 0 Å². The number of esters is 1. The van der Waals surface area contributed by atoms with Crippen LogP contribution in [-0.2, 0) is 53.3 Å². The normalized spacial score (nSPS) is 20.4. The first-order valence-corrected chi connectivity index (χ1v) is 16.0. The number of carbonyl (C=O) groups excluding carboxylic acids is 2. The number of hydrogen-bond donors (Lipinski definition) is 3. The molecule has 3 N–H and O–H groups in total. The van der Waals surface area contributed by atoms with Crippen LogP contribution in [0.25, 0.3) is 22.3 Å². The van der Waals surface area contributed by atoms with Gasteiger partial charge in [-0.15, -0.1) is 0 Å². The van der Waals surface area contributed by atoms with E-state index in [-0.39, 0.29) is 30.7 Å². The van der Waals surface area contributed by atoms with Crippen molar-refractivity contribution in [3.8, 4) is 11.4 Å². The standard InChI is InChI=1S/C30H33FN3O10P/c1-6-30(42-13-43-45(38,39)40)18-9-22-25-16(11-34(22)26(35)17(18)12-41-27(30)36)24-20(33-28(37)44-29(3,4)5)8-7-15-14(2)19(31)10-21(32-25)23(15)24/h9-10,20H,6-8,11-13H2,1-5H3,(H,33,37)(H2,38,39,40)/t20-,30-/m0/s1. The molecule has 6 rings (SSSR count). The minimum Gasteiger partial charge on any atom is -0.458 e. The van der Waals surface area contributed by atoms with Gasteiger partial charge in [-0.05, 0) is 69.7 Å². The lowest BCUT2D eigenvalue weighted by atomic mass is 9.81. The zero-order valence-corrected chi connectivity index (χ0v) is 26.2. The lowest BCUT2D eigenvalue weighted by Gasteiger charge is -2.35. The highest BCUT2D eigenvalue weighted by Crippen LogP contribution is 2.47. The average Bonchev–Trinajstić information content (AvgIpc) is 3.30. The summed E-state index contributed by atoms with van der Waals surface area (Å²) in [5, 5.41) is 3.68. The third kappa shape index (κ3) is 5.24. The molecule has 3 aliphatic rings. The molecule has 0 bridgehead atoms. The largest absolute Gasteiger partial charge is 0.471 e. The van der Waals surface area contributed by atoms with Gasteiger partial charge in [0.2, 0.25) is 0 Å². The van der Waals surface area contributed by atoms with Crippen molar-refractivity contribution in [3.05, 3.63) is 61.7 Å². The second kappa shape index (κ2) is 10.7. The molecule has 2 aliphatic heterocycles. The third-order valence-electron chi connectivity index (χ3n) is 8.56. The number of nitrogens with zero attached hydrogens (tertiary/aromatic N) is 2. The van der Waals surface area contributed by atoms with Crippen LogP contribution in [0, 0.1) is 12.7 Å². The number of benzene rings is 1. The van der Waals surface area contributed by atoms with E-state index in [0.29, 0.717) is 51.8 Å². The molecule has 240 valence electrons. The molecule has 13 nitrogen and oxygen atoms in total. The molecule has 15 heteroatoms. The number of carbonyl (C=O) groups is 2. The van der Waals surface area contributed by atoms with E-state index in [1.165, 1.54) is 10.6 Å². The lowest BCUT2D eigenvalue weighted by molar-refractivity contribution is -0.192. The van der Waals surface area contributed by atoms with Crippen LogP contribution in [0.4, 0.5) is 9.18 Å². The van der Waals surface area contributed by atoms with Crippen LogP contribution in [0.1, 0.15) is 80.0 Å². The van der Waals surface area contributed by atoms with Crippen LogP contribution < -0.4 is 10.9 Å². The minimum absolute atomic E-state index is 0.0504. The van der Waals surface area contributed by atoms with Gasteiger partial charge >= 0.3 is 19.9 Å². The fourth-order valence-corrected chi connectivity index (χ4v) is 6.76. The second-order valence-electron chi connectivity index (χ2n) is 12.4. The lowest BCUT2D eigenvalue weighted by Crippen LogP contribution is -2.46. The van der Waals surface area contributed by atoms with Gasteiger partial charge < -0.3 is 33.9 Å². The Labute approximate surface area is 256 Å². The van der Waals surface area contributed by atoms with Gasteiger partial charge in [-0.3, -0.25) is 9.32 Å². The predicted octanol–water partition coefficient (Wildman–Crippen LogP) is 4.13. The molecule has 45 heavy (non-hydrogen) atoms. The number of hydrogen-bond acceptors (Lipinski definition) is 9. The summed E-state index contributed by atoms with van der Waals surface area (Å²) in [5.41, 5.74) is 0.888. The van der Waals surface area contributed by atoms with Crippen LogP contribution in [0.5, 0.6) is 0 Å². The van der Waals surface area contributed by atoms with E-state index in [4.69, 9.17) is 29.0 Å². The summed E-state index contributed by atoms with van der Waals surface area (Å²) >= 11 is 0. The Balaban J connectivity index is 1.54. The van der Waals surface area contributed by atoms with Gasteiger partial charge in [0.15, 0.2) is 12.4 Å². The second-order valence-corrected chi connectivity index (χ2v) is 13.6. The van der Waals surface area contributed by atoms with Crippen LogP contribution in [0.2, 0.25) is 0 Å². The van der Waals surface area contributed by atoms with Crippen molar-refractivity contribution in [2.24, 2.45) is 0 Å². The first kappa shape index (κ1) is 31.3. The highest BCUT2D eigenvalue weighted by atomic mass is 31.2. The van der Waals surface area contributed by atoms with Gasteiger partial charge in [0.05, 0.1) is 35.1 Å². The van der Waals surface area contributed by atoms with Gasteiger partial charge in [-0.2, -0.15) is 0 Å². The summed E-state index contributed by atoms with van der Waals surface area (Å²) in [6.07, 6.45) is 0.278. The fourth-order valence-electron chi connectivity index (χ4n) is 6.57. The molecule has 3 aromatic rings. The molecule has 1 aromatic carbocycles. The van der Waals surface area contributed by atoms with Crippen molar-refractivity contribution in [2.75, 3.05) is 6.79 Å². The summed E-state index contributed by atoms with van der Waals surface area (Å²) in [6.45, 7) is 7.38. The van der Waals surface area contributed by atoms with E-state index in [1.54, 1.807) is 40.7 Å². The number of aryl methyl sites for hydroxylation is 1. The number of ether oxygens (including phenoxy) is 3. The Bertz CT molecular complexity index is 1900. The van der Waals surface area contributed by atoms with E-state index >= 15 is 4.39 Å². The van der Waals surface area contributed by atoms with Crippen LogP contribution in [0.3, 0.4) is 0 Å². The molecule has 2 atom stereocenters. The molecule has 4 heterocycles. The number of aromatic nitrogens is 2. The number of fused-ring (bicyclic) bond motifs is 5. The highest BCUT2D eigenvalue weighted by Gasteiger charge is 2.49. The molecule has 1 aliphatic carbocycles. The number of rotatable bonds is 6. The van der Waals surface area contributed by atoms with Crippen molar-refractivity contribution < 1.29 is 47.1 Å². The summed E-state index contributed by atoms with van der Waals surface area (Å²) in [4.78, 5) is 63.2. The molecule has 0 saturated heterocycles. The molecule has 0 radical (unpaired) electrons. The first-order chi connectivity index (χ1) is 21.0. The van der Waals surface area contributed by atoms with Crippen molar-refractivity contribution in [2.45, 2.75) is 84.3 Å². The Kier molecular flexibility index (Phi) is 7.45. The maximum Gasteiger partial charge on any atom is 0.471 e. The van der Waals surface area contributed by atoms with Crippen LogP contribution in [-0.4, -0.2) is 43.8 Å². The number of amides is 1. The third-order valence-corrected chi connectivity index (χ3v) is 9.00. The molecule has 0 unspecified atom stereocenters. The first-order valence-electron chi connectivity index (χ1n) is 14.5. The number of alkyl carbamates (subject to hydrolysis) is 1. The molecular weight excluding hydrogens is 612 g/mol. The maximum atomic E-state index is 15.2. The molecule has 0 fully saturated rings. The molecule has 1 amide bonds. The van der Waals surface area contributed by atoms with E-state index in [0.717, 1.165) is 5.56 Å². The van der Waals surface area contributed by atoms with Crippen molar-refractivity contribution >= 4 is 30.8 Å². The van der Waals surface area contributed by atoms with Gasteiger partial charge in [-0.25, -0.2) is 23.5 Å². The van der Waals surface area contributed by atoms with Crippen LogP contribution in [0.15, 0.2) is 16.9 Å². The zero-order valence-electron chi connectivity index (χ0n) is 25.4. The average molecular weight is 646 g/mol.